The van der Waals surface area contributed by atoms with Gasteiger partial charge in [0.2, 0.25) is 5.91 Å². The van der Waals surface area contributed by atoms with Crippen molar-refractivity contribution in [3.8, 4) is 6.07 Å². The van der Waals surface area contributed by atoms with Crippen molar-refractivity contribution in [2.24, 2.45) is 5.92 Å². The SMILES string of the molecule is N#Cc1c(NC(=O)CCC2CCCCC2)sc2c1CCN(C(=O)O)C2. The summed E-state index contributed by atoms with van der Waals surface area (Å²) in [5, 5.41) is 22.1. The van der Waals surface area contributed by atoms with E-state index in [2.05, 4.69) is 11.4 Å². The summed E-state index contributed by atoms with van der Waals surface area (Å²) >= 11 is 1.34. The summed E-state index contributed by atoms with van der Waals surface area (Å²) in [7, 11) is 0. The number of thiophene rings is 1. The Bertz CT molecular complexity index is 701. The molecule has 3 rings (SSSR count). The maximum Gasteiger partial charge on any atom is 0.407 e. The molecule has 1 aliphatic heterocycles. The third kappa shape index (κ3) is 4.13. The molecule has 1 saturated carbocycles. The molecule has 0 saturated heterocycles. The average Bonchev–Trinajstić information content (AvgIpc) is 2.96. The summed E-state index contributed by atoms with van der Waals surface area (Å²) < 4.78 is 0. The van der Waals surface area contributed by atoms with Gasteiger partial charge in [0.15, 0.2) is 0 Å². The summed E-state index contributed by atoms with van der Waals surface area (Å²) in [4.78, 5) is 25.6. The van der Waals surface area contributed by atoms with Gasteiger partial charge in [0, 0.05) is 17.8 Å². The van der Waals surface area contributed by atoms with Crippen LogP contribution in [0.2, 0.25) is 0 Å². The van der Waals surface area contributed by atoms with E-state index < -0.39 is 6.09 Å². The highest BCUT2D eigenvalue weighted by molar-refractivity contribution is 7.16. The lowest BCUT2D eigenvalue weighted by atomic mass is 9.86. The molecule has 6 nitrogen and oxygen atoms in total. The molecular weight excluding hydrogens is 338 g/mol. The fourth-order valence-corrected chi connectivity index (χ4v) is 5.00. The zero-order chi connectivity index (χ0) is 17.8. The van der Waals surface area contributed by atoms with Crippen LogP contribution in [0.25, 0.3) is 0 Å². The number of hydrogen-bond donors (Lipinski definition) is 2. The number of nitrogens with zero attached hydrogens (tertiary/aromatic N) is 2. The number of amides is 2. The number of nitrogens with one attached hydrogen (secondary N) is 1. The van der Waals surface area contributed by atoms with Crippen LogP contribution in [0.15, 0.2) is 0 Å². The lowest BCUT2D eigenvalue weighted by Gasteiger charge is -2.23. The molecule has 0 atom stereocenters. The van der Waals surface area contributed by atoms with Crippen molar-refractivity contribution in [3.63, 3.8) is 0 Å². The third-order valence-electron chi connectivity index (χ3n) is 5.20. The standard InChI is InChI=1S/C18H23N3O3S/c19-10-14-13-8-9-21(18(23)24)11-15(13)25-17(14)20-16(22)7-6-12-4-2-1-3-5-12/h12H,1-9,11H2,(H,20,22)(H,23,24). The Morgan fingerprint density at radius 2 is 2.08 bits per heavy atom. The average molecular weight is 361 g/mol. The number of carbonyl (C=O) groups excluding carboxylic acids is 1. The largest absolute Gasteiger partial charge is 0.465 e. The van der Waals surface area contributed by atoms with Gasteiger partial charge >= 0.3 is 6.09 Å². The Balaban J connectivity index is 1.63. The molecule has 0 spiro atoms. The Labute approximate surface area is 151 Å². The number of anilines is 1. The molecular formula is C18H23N3O3S. The van der Waals surface area contributed by atoms with Crippen molar-refractivity contribution in [3.05, 3.63) is 16.0 Å². The van der Waals surface area contributed by atoms with E-state index in [9.17, 15) is 14.9 Å². The first-order valence-electron chi connectivity index (χ1n) is 8.91. The molecule has 2 heterocycles. The van der Waals surface area contributed by atoms with Crippen LogP contribution >= 0.6 is 11.3 Å². The summed E-state index contributed by atoms with van der Waals surface area (Å²) in [5.74, 6) is 0.603. The summed E-state index contributed by atoms with van der Waals surface area (Å²) in [5.41, 5.74) is 1.41. The fraction of sp³-hybridized carbons (Fsp3) is 0.611. The number of nitriles is 1. The van der Waals surface area contributed by atoms with E-state index in [1.54, 1.807) is 0 Å². The van der Waals surface area contributed by atoms with Crippen molar-refractivity contribution >= 4 is 28.3 Å². The number of hydrogen-bond acceptors (Lipinski definition) is 4. The molecule has 134 valence electrons. The second-order valence-electron chi connectivity index (χ2n) is 6.86. The minimum atomic E-state index is -0.948. The summed E-state index contributed by atoms with van der Waals surface area (Å²) in [6.07, 6.45) is 7.25. The van der Waals surface area contributed by atoms with Crippen LogP contribution in [0.1, 0.15) is 60.9 Å². The maximum absolute atomic E-state index is 12.3. The number of fused-ring (bicyclic) bond motifs is 1. The van der Waals surface area contributed by atoms with E-state index in [0.29, 0.717) is 42.4 Å². The molecule has 25 heavy (non-hydrogen) atoms. The summed E-state index contributed by atoms with van der Waals surface area (Å²) in [6, 6.07) is 2.19. The van der Waals surface area contributed by atoms with Crippen LogP contribution in [0.4, 0.5) is 9.80 Å². The van der Waals surface area contributed by atoms with Crippen LogP contribution in [-0.2, 0) is 17.8 Å². The zero-order valence-electron chi connectivity index (χ0n) is 14.2. The highest BCUT2D eigenvalue weighted by atomic mass is 32.1. The Morgan fingerprint density at radius 3 is 2.76 bits per heavy atom. The summed E-state index contributed by atoms with van der Waals surface area (Å²) in [6.45, 7) is 0.685. The van der Waals surface area contributed by atoms with E-state index in [1.165, 1.54) is 48.3 Å². The Hall–Kier alpha value is -2.07. The van der Waals surface area contributed by atoms with E-state index in [4.69, 9.17) is 5.11 Å². The van der Waals surface area contributed by atoms with E-state index in [-0.39, 0.29) is 5.91 Å². The molecule has 1 aliphatic carbocycles. The molecule has 0 unspecified atom stereocenters. The quantitative estimate of drug-likeness (QED) is 0.849. The van der Waals surface area contributed by atoms with E-state index in [1.807, 2.05) is 0 Å². The molecule has 0 bridgehead atoms. The molecule has 1 fully saturated rings. The van der Waals surface area contributed by atoms with Crippen LogP contribution in [0.3, 0.4) is 0 Å². The number of rotatable bonds is 4. The van der Waals surface area contributed by atoms with Crippen LogP contribution in [0, 0.1) is 17.2 Å². The molecule has 1 aromatic rings. The first-order chi connectivity index (χ1) is 12.1. The highest BCUT2D eigenvalue weighted by Crippen LogP contribution is 2.37. The first kappa shape index (κ1) is 17.7. The maximum atomic E-state index is 12.3. The Morgan fingerprint density at radius 1 is 1.32 bits per heavy atom. The minimum absolute atomic E-state index is 0.0456. The molecule has 2 amide bonds. The predicted molar refractivity (Wildman–Crippen MR) is 95.6 cm³/mol. The van der Waals surface area contributed by atoms with Crippen LogP contribution in [0.5, 0.6) is 0 Å². The molecule has 7 heteroatoms. The van der Waals surface area contributed by atoms with Gasteiger partial charge in [0.25, 0.3) is 0 Å². The van der Waals surface area contributed by atoms with Gasteiger partial charge in [0.1, 0.15) is 11.1 Å². The van der Waals surface area contributed by atoms with Crippen LogP contribution < -0.4 is 5.32 Å². The molecule has 0 aromatic carbocycles. The van der Waals surface area contributed by atoms with Gasteiger partial charge < -0.3 is 15.3 Å². The van der Waals surface area contributed by atoms with E-state index in [0.717, 1.165) is 16.9 Å². The van der Waals surface area contributed by atoms with Crippen molar-refractivity contribution in [2.45, 2.75) is 57.9 Å². The molecule has 2 N–H and O–H groups in total. The van der Waals surface area contributed by atoms with Crippen molar-refractivity contribution in [2.75, 3.05) is 11.9 Å². The van der Waals surface area contributed by atoms with Gasteiger partial charge in [-0.25, -0.2) is 4.79 Å². The first-order valence-corrected chi connectivity index (χ1v) is 9.72. The zero-order valence-corrected chi connectivity index (χ0v) is 15.0. The monoisotopic (exact) mass is 361 g/mol. The van der Waals surface area contributed by atoms with Gasteiger partial charge in [-0.3, -0.25) is 4.79 Å². The van der Waals surface area contributed by atoms with Crippen molar-refractivity contribution in [1.82, 2.24) is 4.90 Å². The Kier molecular flexibility index (Phi) is 5.59. The van der Waals surface area contributed by atoms with Gasteiger partial charge in [-0.05, 0) is 24.3 Å². The predicted octanol–water partition coefficient (Wildman–Crippen LogP) is 3.95. The van der Waals surface area contributed by atoms with E-state index >= 15 is 0 Å². The minimum Gasteiger partial charge on any atom is -0.465 e. The normalized spacial score (nSPS) is 17.6. The lowest BCUT2D eigenvalue weighted by molar-refractivity contribution is -0.116. The smallest absolute Gasteiger partial charge is 0.407 e. The van der Waals surface area contributed by atoms with Crippen molar-refractivity contribution in [1.29, 1.82) is 5.26 Å². The van der Waals surface area contributed by atoms with Gasteiger partial charge in [-0.15, -0.1) is 11.3 Å². The second-order valence-corrected chi connectivity index (χ2v) is 7.97. The van der Waals surface area contributed by atoms with Crippen LogP contribution in [-0.4, -0.2) is 28.6 Å². The lowest BCUT2D eigenvalue weighted by Crippen LogP contribution is -2.34. The highest BCUT2D eigenvalue weighted by Gasteiger charge is 2.27. The molecule has 1 aromatic heterocycles. The second kappa shape index (κ2) is 7.87. The number of carbonyl (C=O) groups is 2. The third-order valence-corrected chi connectivity index (χ3v) is 6.33. The van der Waals surface area contributed by atoms with Crippen molar-refractivity contribution < 1.29 is 14.7 Å². The number of carboxylic acid groups (broad SMARTS) is 1. The molecule has 2 aliphatic rings. The van der Waals surface area contributed by atoms with Gasteiger partial charge in [0.05, 0.1) is 12.1 Å². The van der Waals surface area contributed by atoms with Gasteiger partial charge in [-0.1, -0.05) is 32.1 Å². The molecule has 0 radical (unpaired) electrons. The topological polar surface area (TPSA) is 93.4 Å². The van der Waals surface area contributed by atoms with Gasteiger partial charge in [-0.2, -0.15) is 5.26 Å². The fourth-order valence-electron chi connectivity index (χ4n) is 3.77.